The van der Waals surface area contributed by atoms with Gasteiger partial charge in [0.2, 0.25) is 5.82 Å². The monoisotopic (exact) mass is 499 g/mol. The second-order valence-electron chi connectivity index (χ2n) is 7.85. The van der Waals surface area contributed by atoms with Crippen LogP contribution in [0.15, 0.2) is 47.0 Å². The molecule has 0 radical (unpaired) electrons. The second kappa shape index (κ2) is 11.8. The molecule has 0 saturated carbocycles. The van der Waals surface area contributed by atoms with Crippen LogP contribution in [0.3, 0.4) is 0 Å². The van der Waals surface area contributed by atoms with Gasteiger partial charge in [-0.05, 0) is 29.7 Å². The number of carboxylic acids is 1. The molecule has 0 saturated heterocycles. The molecule has 0 fully saturated rings. The summed E-state index contributed by atoms with van der Waals surface area (Å²) in [4.78, 5) is 14.8. The Morgan fingerprint density at radius 3 is 2.44 bits per heavy atom. The number of benzene rings is 2. The molecule has 0 spiro atoms. The van der Waals surface area contributed by atoms with Crippen molar-refractivity contribution in [2.75, 3.05) is 13.2 Å². The summed E-state index contributed by atoms with van der Waals surface area (Å²) in [5.41, 5.74) is 0.796. The molecule has 1 heterocycles. The normalized spacial score (nSPS) is 11.4. The van der Waals surface area contributed by atoms with E-state index in [9.17, 15) is 18.0 Å². The molecule has 0 aliphatic rings. The Morgan fingerprint density at radius 2 is 1.82 bits per heavy atom. The predicted octanol–water partition coefficient (Wildman–Crippen LogP) is 5.44. The maximum atomic E-state index is 13.5. The average molecular weight is 500 g/mol. The highest BCUT2D eigenvalue weighted by atomic mass is 35.5. The smallest absolute Gasteiger partial charge is 0.419 e. The van der Waals surface area contributed by atoms with Crippen LogP contribution in [-0.4, -0.2) is 34.4 Å². The standard InChI is InChI=1S/C23H24F3N3O4.ClH/c1-14(2)13-32-19-8-7-17(11-18(19)23(24,25)26)22-28-21(29-33-22)16-5-3-15(4-6-16)12-27-10-9-20(30)31;/h3-8,11,14,27H,9-10,12-13H2,1-2H3,(H,30,31);1H. The molecule has 184 valence electrons. The minimum Gasteiger partial charge on any atom is -0.493 e. The van der Waals surface area contributed by atoms with Crippen LogP contribution in [0.2, 0.25) is 0 Å². The lowest BCUT2D eigenvalue weighted by Gasteiger charge is -2.15. The highest BCUT2D eigenvalue weighted by Crippen LogP contribution is 2.39. The second-order valence-corrected chi connectivity index (χ2v) is 7.85. The van der Waals surface area contributed by atoms with Crippen molar-refractivity contribution in [3.8, 4) is 28.6 Å². The number of aromatic nitrogens is 2. The van der Waals surface area contributed by atoms with Gasteiger partial charge in [0.15, 0.2) is 0 Å². The van der Waals surface area contributed by atoms with Crippen molar-refractivity contribution in [3.63, 3.8) is 0 Å². The van der Waals surface area contributed by atoms with Gasteiger partial charge in [0, 0.05) is 24.2 Å². The lowest BCUT2D eigenvalue weighted by Crippen LogP contribution is -2.17. The molecule has 3 aromatic rings. The molecule has 2 aromatic carbocycles. The van der Waals surface area contributed by atoms with E-state index in [-0.39, 0.29) is 54.4 Å². The number of hydrogen-bond donors (Lipinski definition) is 2. The Morgan fingerprint density at radius 1 is 1.15 bits per heavy atom. The van der Waals surface area contributed by atoms with E-state index in [1.54, 1.807) is 12.1 Å². The van der Waals surface area contributed by atoms with E-state index in [2.05, 4.69) is 15.5 Å². The van der Waals surface area contributed by atoms with Crippen LogP contribution >= 0.6 is 12.4 Å². The fourth-order valence-electron chi connectivity index (χ4n) is 2.92. The molecule has 11 heteroatoms. The number of nitrogens with zero attached hydrogens (tertiary/aromatic N) is 2. The van der Waals surface area contributed by atoms with E-state index in [1.165, 1.54) is 12.1 Å². The fourth-order valence-corrected chi connectivity index (χ4v) is 2.92. The molecule has 7 nitrogen and oxygen atoms in total. The van der Waals surface area contributed by atoms with Gasteiger partial charge in [-0.15, -0.1) is 12.4 Å². The lowest BCUT2D eigenvalue weighted by molar-refractivity contribution is -0.139. The maximum absolute atomic E-state index is 13.5. The van der Waals surface area contributed by atoms with Crippen molar-refractivity contribution in [1.29, 1.82) is 0 Å². The van der Waals surface area contributed by atoms with E-state index >= 15 is 0 Å². The van der Waals surface area contributed by atoms with Crippen LogP contribution in [0.4, 0.5) is 13.2 Å². The van der Waals surface area contributed by atoms with Crippen LogP contribution in [0.1, 0.15) is 31.4 Å². The molecule has 0 atom stereocenters. The van der Waals surface area contributed by atoms with Crippen LogP contribution in [0, 0.1) is 5.92 Å². The molecule has 0 unspecified atom stereocenters. The summed E-state index contributed by atoms with van der Waals surface area (Å²) in [6.45, 7) is 4.72. The number of nitrogens with one attached hydrogen (secondary N) is 1. The van der Waals surface area contributed by atoms with Crippen molar-refractivity contribution < 1.29 is 32.3 Å². The molecule has 34 heavy (non-hydrogen) atoms. The van der Waals surface area contributed by atoms with Crippen molar-refractivity contribution in [2.45, 2.75) is 33.0 Å². The molecule has 0 aliphatic heterocycles. The van der Waals surface area contributed by atoms with Gasteiger partial charge in [-0.2, -0.15) is 18.2 Å². The van der Waals surface area contributed by atoms with E-state index in [0.29, 0.717) is 18.7 Å². The van der Waals surface area contributed by atoms with E-state index in [1.807, 2.05) is 26.0 Å². The molecular formula is C23H25ClF3N3O4. The van der Waals surface area contributed by atoms with Crippen LogP contribution in [0.25, 0.3) is 22.8 Å². The third-order valence-electron chi connectivity index (χ3n) is 4.59. The first-order valence-electron chi connectivity index (χ1n) is 10.3. The van der Waals surface area contributed by atoms with Crippen molar-refractivity contribution in [2.24, 2.45) is 5.92 Å². The molecule has 3 rings (SSSR count). The summed E-state index contributed by atoms with van der Waals surface area (Å²) in [7, 11) is 0. The number of ether oxygens (including phenoxy) is 1. The lowest BCUT2D eigenvalue weighted by atomic mass is 10.1. The Bertz CT molecular complexity index is 1090. The zero-order valence-corrected chi connectivity index (χ0v) is 19.4. The quantitative estimate of drug-likeness (QED) is 0.358. The summed E-state index contributed by atoms with van der Waals surface area (Å²) in [6, 6.07) is 10.8. The van der Waals surface area contributed by atoms with Gasteiger partial charge in [0.25, 0.3) is 5.89 Å². The first kappa shape index (κ1) is 27.1. The number of hydrogen-bond acceptors (Lipinski definition) is 6. The highest BCUT2D eigenvalue weighted by Gasteiger charge is 2.35. The predicted molar refractivity (Wildman–Crippen MR) is 122 cm³/mol. The summed E-state index contributed by atoms with van der Waals surface area (Å²) in [6.07, 6.45) is -4.57. The van der Waals surface area contributed by atoms with Crippen LogP contribution in [-0.2, 0) is 17.5 Å². The van der Waals surface area contributed by atoms with Crippen molar-refractivity contribution in [3.05, 3.63) is 53.6 Å². The number of rotatable bonds is 10. The molecule has 0 amide bonds. The Labute approximate surface area is 200 Å². The van der Waals surface area contributed by atoms with Gasteiger partial charge in [-0.3, -0.25) is 4.79 Å². The van der Waals surface area contributed by atoms with Crippen LogP contribution in [0.5, 0.6) is 5.75 Å². The highest BCUT2D eigenvalue weighted by molar-refractivity contribution is 5.85. The zero-order valence-electron chi connectivity index (χ0n) is 18.6. The molecule has 0 bridgehead atoms. The zero-order chi connectivity index (χ0) is 24.0. The van der Waals surface area contributed by atoms with Gasteiger partial charge in [-0.25, -0.2) is 0 Å². The summed E-state index contributed by atoms with van der Waals surface area (Å²) >= 11 is 0. The Kier molecular flexibility index (Phi) is 9.46. The first-order valence-corrected chi connectivity index (χ1v) is 10.3. The summed E-state index contributed by atoms with van der Waals surface area (Å²) < 4.78 is 51.2. The fraction of sp³-hybridized carbons (Fsp3) is 0.348. The Hall–Kier alpha value is -3.11. The maximum Gasteiger partial charge on any atom is 0.419 e. The molecule has 1 aromatic heterocycles. The number of carbonyl (C=O) groups is 1. The number of alkyl halides is 3. The summed E-state index contributed by atoms with van der Waals surface area (Å²) in [5.74, 6) is -0.830. The van der Waals surface area contributed by atoms with Crippen LogP contribution < -0.4 is 10.1 Å². The van der Waals surface area contributed by atoms with Crippen molar-refractivity contribution >= 4 is 18.4 Å². The van der Waals surface area contributed by atoms with Gasteiger partial charge in [0.1, 0.15) is 5.75 Å². The minimum atomic E-state index is -4.60. The molecule has 0 aliphatic carbocycles. The topological polar surface area (TPSA) is 97.5 Å². The van der Waals surface area contributed by atoms with E-state index in [4.69, 9.17) is 14.4 Å². The third kappa shape index (κ3) is 7.46. The third-order valence-corrected chi connectivity index (χ3v) is 4.59. The van der Waals surface area contributed by atoms with Gasteiger partial charge < -0.3 is 19.7 Å². The number of carboxylic acid groups (broad SMARTS) is 1. The number of halogens is 4. The molecular weight excluding hydrogens is 475 g/mol. The van der Waals surface area contributed by atoms with E-state index in [0.717, 1.165) is 11.6 Å². The number of aliphatic carboxylic acids is 1. The van der Waals surface area contributed by atoms with Gasteiger partial charge in [0.05, 0.1) is 18.6 Å². The summed E-state index contributed by atoms with van der Waals surface area (Å²) in [5, 5.41) is 15.5. The van der Waals surface area contributed by atoms with Crippen molar-refractivity contribution in [1.82, 2.24) is 15.5 Å². The largest absolute Gasteiger partial charge is 0.493 e. The van der Waals surface area contributed by atoms with Gasteiger partial charge >= 0.3 is 12.1 Å². The van der Waals surface area contributed by atoms with E-state index < -0.39 is 17.7 Å². The average Bonchev–Trinajstić information content (AvgIpc) is 3.25. The van der Waals surface area contributed by atoms with Gasteiger partial charge in [-0.1, -0.05) is 43.3 Å². The molecule has 2 N–H and O–H groups in total. The minimum absolute atomic E-state index is 0. The SMILES string of the molecule is CC(C)COc1ccc(-c2nc(-c3ccc(CNCCC(=O)O)cc3)no2)cc1C(F)(F)F.Cl. The first-order chi connectivity index (χ1) is 15.6. The Balaban J connectivity index is 0.00000408.